The minimum atomic E-state index is -1.11. The molecule has 1 heterocycles. The maximum absolute atomic E-state index is 14.2. The number of hydrogen-bond acceptors (Lipinski definition) is 7. The van der Waals surface area contributed by atoms with Crippen LogP contribution in [0.15, 0.2) is 71.1 Å². The molecule has 0 bridgehead atoms. The fraction of sp³-hybridized carbons (Fsp3) is 0.258. The van der Waals surface area contributed by atoms with Crippen molar-refractivity contribution in [2.45, 2.75) is 31.9 Å². The third-order valence-corrected chi connectivity index (χ3v) is 6.72. The first-order chi connectivity index (χ1) is 20.3. The standard InChI is InChI=1S/C31H29F2N3O6/c1-39-24-12-10-20(14-25(24)40-17-19-7-8-19)30-36-27(29(37)35-16-21-9-11-22(32)15-23(21)33)28(42-30)26(41-31(34)38)13-18-5-3-2-4-6-18/h2-6,9-12,14-15,19,26H,7-8,13,16-17H2,1H3,(H2,34,38)(H,35,37). The Morgan fingerprint density at radius 2 is 1.86 bits per heavy atom. The molecule has 0 spiro atoms. The first-order valence-electron chi connectivity index (χ1n) is 13.3. The lowest BCUT2D eigenvalue weighted by Crippen LogP contribution is -2.26. The number of hydrogen-bond donors (Lipinski definition) is 2. The van der Waals surface area contributed by atoms with Gasteiger partial charge < -0.3 is 29.7 Å². The lowest BCUT2D eigenvalue weighted by atomic mass is 10.0. The van der Waals surface area contributed by atoms with Crippen LogP contribution in [-0.4, -0.2) is 30.7 Å². The molecule has 5 rings (SSSR count). The zero-order valence-corrected chi connectivity index (χ0v) is 22.8. The number of methoxy groups -OCH3 is 1. The van der Waals surface area contributed by atoms with Crippen molar-refractivity contribution in [1.82, 2.24) is 10.3 Å². The van der Waals surface area contributed by atoms with Crippen LogP contribution in [-0.2, 0) is 17.7 Å². The van der Waals surface area contributed by atoms with Gasteiger partial charge in [0.2, 0.25) is 5.89 Å². The number of rotatable bonds is 12. The van der Waals surface area contributed by atoms with Gasteiger partial charge in [-0.15, -0.1) is 0 Å². The largest absolute Gasteiger partial charge is 0.493 e. The minimum absolute atomic E-state index is 0.0492. The van der Waals surface area contributed by atoms with Gasteiger partial charge in [0, 0.05) is 30.2 Å². The number of nitrogens with two attached hydrogens (primary N) is 1. The smallest absolute Gasteiger partial charge is 0.405 e. The van der Waals surface area contributed by atoms with Gasteiger partial charge in [0.25, 0.3) is 5.91 Å². The van der Waals surface area contributed by atoms with Gasteiger partial charge >= 0.3 is 6.09 Å². The van der Waals surface area contributed by atoms with Crippen LogP contribution in [0, 0.1) is 17.6 Å². The van der Waals surface area contributed by atoms with Crippen LogP contribution in [0.4, 0.5) is 13.6 Å². The van der Waals surface area contributed by atoms with Crippen molar-refractivity contribution in [1.29, 1.82) is 0 Å². The highest BCUT2D eigenvalue weighted by Gasteiger charge is 2.31. The Hall–Kier alpha value is -4.93. The van der Waals surface area contributed by atoms with Crippen molar-refractivity contribution < 1.29 is 37.0 Å². The number of ether oxygens (including phenoxy) is 3. The summed E-state index contributed by atoms with van der Waals surface area (Å²) in [7, 11) is 1.53. The number of oxazole rings is 1. The van der Waals surface area contributed by atoms with E-state index in [9.17, 15) is 18.4 Å². The van der Waals surface area contributed by atoms with Gasteiger partial charge in [-0.05, 0) is 48.6 Å². The first kappa shape index (κ1) is 28.6. The van der Waals surface area contributed by atoms with Crippen LogP contribution in [0.3, 0.4) is 0 Å². The van der Waals surface area contributed by atoms with Crippen molar-refractivity contribution in [3.8, 4) is 23.0 Å². The maximum Gasteiger partial charge on any atom is 0.405 e. The Labute approximate surface area is 240 Å². The highest BCUT2D eigenvalue weighted by molar-refractivity contribution is 5.94. The van der Waals surface area contributed by atoms with Crippen molar-refractivity contribution >= 4 is 12.0 Å². The molecule has 4 aromatic rings. The van der Waals surface area contributed by atoms with Crippen LogP contribution < -0.4 is 20.5 Å². The molecule has 0 aliphatic heterocycles. The summed E-state index contributed by atoms with van der Waals surface area (Å²) >= 11 is 0. The molecule has 1 aliphatic rings. The lowest BCUT2D eigenvalue weighted by Gasteiger charge is -2.15. The molecular weight excluding hydrogens is 548 g/mol. The molecule has 11 heteroatoms. The molecule has 3 aromatic carbocycles. The average Bonchev–Trinajstić information content (AvgIpc) is 3.70. The summed E-state index contributed by atoms with van der Waals surface area (Å²) < 4.78 is 50.4. The number of benzene rings is 3. The van der Waals surface area contributed by atoms with E-state index in [1.54, 1.807) is 18.2 Å². The summed E-state index contributed by atoms with van der Waals surface area (Å²) in [4.78, 5) is 29.7. The van der Waals surface area contributed by atoms with Crippen LogP contribution in [0.2, 0.25) is 0 Å². The van der Waals surface area contributed by atoms with Gasteiger partial charge in [0.15, 0.2) is 29.1 Å². The van der Waals surface area contributed by atoms with E-state index >= 15 is 0 Å². The number of amides is 2. The lowest BCUT2D eigenvalue weighted by molar-refractivity contribution is 0.0863. The third kappa shape index (κ3) is 7.03. The summed E-state index contributed by atoms with van der Waals surface area (Å²) in [5, 5.41) is 2.58. The number of carbonyl (C=O) groups excluding carboxylic acids is 2. The molecule has 0 radical (unpaired) electrons. The van der Waals surface area contributed by atoms with Gasteiger partial charge in [-0.25, -0.2) is 18.6 Å². The summed E-state index contributed by atoms with van der Waals surface area (Å²) in [5.41, 5.74) is 6.51. The van der Waals surface area contributed by atoms with Gasteiger partial charge in [-0.3, -0.25) is 4.79 Å². The normalized spacial score (nSPS) is 13.3. The summed E-state index contributed by atoms with van der Waals surface area (Å²) in [6.45, 7) is 0.282. The van der Waals surface area contributed by atoms with Gasteiger partial charge in [-0.2, -0.15) is 0 Å². The molecule has 2 amide bonds. The second kappa shape index (κ2) is 12.7. The second-order valence-electron chi connectivity index (χ2n) is 9.89. The Kier molecular flexibility index (Phi) is 8.66. The topological polar surface area (TPSA) is 126 Å². The third-order valence-electron chi connectivity index (χ3n) is 6.72. The van der Waals surface area contributed by atoms with Crippen molar-refractivity contribution in [2.75, 3.05) is 13.7 Å². The number of carbonyl (C=O) groups is 2. The van der Waals surface area contributed by atoms with E-state index in [1.807, 2.05) is 30.3 Å². The Bertz CT molecular complexity index is 1570. The number of nitrogens with one attached hydrogen (secondary N) is 1. The molecule has 0 saturated heterocycles. The quantitative estimate of drug-likeness (QED) is 0.220. The van der Waals surface area contributed by atoms with E-state index in [4.69, 9.17) is 24.4 Å². The van der Waals surface area contributed by atoms with Gasteiger partial charge in [0.05, 0.1) is 13.7 Å². The zero-order chi connectivity index (χ0) is 29.6. The fourth-order valence-corrected chi connectivity index (χ4v) is 4.33. The number of halogens is 2. The van der Waals surface area contributed by atoms with Crippen LogP contribution in [0.1, 0.15) is 46.3 Å². The molecule has 42 heavy (non-hydrogen) atoms. The fourth-order valence-electron chi connectivity index (χ4n) is 4.33. The number of primary amides is 1. The summed E-state index contributed by atoms with van der Waals surface area (Å²) in [5.74, 6) is -0.788. The van der Waals surface area contributed by atoms with E-state index in [0.717, 1.165) is 30.5 Å². The number of nitrogens with zero attached hydrogens (tertiary/aromatic N) is 1. The highest BCUT2D eigenvalue weighted by atomic mass is 19.1. The molecular formula is C31H29F2N3O6. The van der Waals surface area contributed by atoms with E-state index in [0.29, 0.717) is 29.6 Å². The van der Waals surface area contributed by atoms with E-state index in [-0.39, 0.29) is 35.9 Å². The SMILES string of the molecule is COc1ccc(-c2nc(C(=O)NCc3ccc(F)cc3F)c(C(Cc3ccccc3)OC(N)=O)o2)cc1OCC1CC1. The molecule has 1 atom stereocenters. The molecule has 9 nitrogen and oxygen atoms in total. The zero-order valence-electron chi connectivity index (χ0n) is 22.8. The molecule has 3 N–H and O–H groups in total. The van der Waals surface area contributed by atoms with Crippen molar-refractivity contribution in [3.63, 3.8) is 0 Å². The molecule has 1 aromatic heterocycles. The Morgan fingerprint density at radius 1 is 1.07 bits per heavy atom. The van der Waals surface area contributed by atoms with E-state index in [1.165, 1.54) is 13.2 Å². The molecule has 218 valence electrons. The monoisotopic (exact) mass is 577 g/mol. The number of aromatic nitrogens is 1. The second-order valence-corrected chi connectivity index (χ2v) is 9.89. The van der Waals surface area contributed by atoms with Crippen molar-refractivity contribution in [2.24, 2.45) is 11.7 Å². The van der Waals surface area contributed by atoms with Gasteiger partial charge in [-0.1, -0.05) is 36.4 Å². The minimum Gasteiger partial charge on any atom is -0.493 e. The molecule has 1 saturated carbocycles. The average molecular weight is 578 g/mol. The first-order valence-corrected chi connectivity index (χ1v) is 13.3. The van der Waals surface area contributed by atoms with E-state index < -0.39 is 29.7 Å². The predicted molar refractivity (Wildman–Crippen MR) is 148 cm³/mol. The van der Waals surface area contributed by atoms with Gasteiger partial charge in [0.1, 0.15) is 11.6 Å². The predicted octanol–water partition coefficient (Wildman–Crippen LogP) is 5.73. The Balaban J connectivity index is 1.50. The van der Waals surface area contributed by atoms with Crippen molar-refractivity contribution in [3.05, 3.63) is 101 Å². The van der Waals surface area contributed by atoms with Crippen LogP contribution in [0.5, 0.6) is 11.5 Å². The van der Waals surface area contributed by atoms with Crippen LogP contribution in [0.25, 0.3) is 11.5 Å². The summed E-state index contributed by atoms with van der Waals surface area (Å²) in [6, 6.07) is 17.2. The maximum atomic E-state index is 14.2. The Morgan fingerprint density at radius 3 is 2.55 bits per heavy atom. The molecule has 1 fully saturated rings. The summed E-state index contributed by atoms with van der Waals surface area (Å²) in [6.07, 6.45) is 0.151. The van der Waals surface area contributed by atoms with E-state index in [2.05, 4.69) is 10.3 Å². The molecule has 1 aliphatic carbocycles. The molecule has 1 unspecified atom stereocenters. The van der Waals surface area contributed by atoms with Crippen LogP contribution >= 0.6 is 0 Å². The highest BCUT2D eigenvalue weighted by Crippen LogP contribution is 2.37.